The van der Waals surface area contributed by atoms with Gasteiger partial charge in [-0.25, -0.2) is 0 Å². The Hall–Kier alpha value is -2.14. The van der Waals surface area contributed by atoms with E-state index in [1.807, 2.05) is 30.8 Å². The van der Waals surface area contributed by atoms with Crippen LogP contribution in [0.2, 0.25) is 0 Å². The SMILES string of the molecule is CC(C)C(=O)N[C@]1(C)C[C@H](c2ccc(Cn3cccn3)cc2)O[C@@H]2C[C@H](C)CC[C@H]21. The number of amides is 1. The van der Waals surface area contributed by atoms with Crippen molar-refractivity contribution in [2.45, 2.75) is 77.7 Å². The van der Waals surface area contributed by atoms with Crippen molar-refractivity contribution < 1.29 is 9.53 Å². The van der Waals surface area contributed by atoms with Crippen LogP contribution in [0.3, 0.4) is 0 Å². The van der Waals surface area contributed by atoms with Gasteiger partial charge in [0, 0.05) is 36.2 Å². The quantitative estimate of drug-likeness (QED) is 0.777. The number of fused-ring (bicyclic) bond motifs is 1. The highest BCUT2D eigenvalue weighted by Crippen LogP contribution is 2.48. The predicted molar refractivity (Wildman–Crippen MR) is 118 cm³/mol. The van der Waals surface area contributed by atoms with Crippen molar-refractivity contribution in [3.63, 3.8) is 0 Å². The molecule has 5 nitrogen and oxygen atoms in total. The minimum atomic E-state index is -0.233. The van der Waals surface area contributed by atoms with E-state index in [0.29, 0.717) is 11.8 Å². The molecule has 5 atom stereocenters. The zero-order chi connectivity index (χ0) is 21.3. The first-order valence-electron chi connectivity index (χ1n) is 11.4. The summed E-state index contributed by atoms with van der Waals surface area (Å²) in [5, 5.41) is 7.71. The molecule has 2 fully saturated rings. The highest BCUT2D eigenvalue weighted by Gasteiger charge is 2.49. The number of hydrogen-bond acceptors (Lipinski definition) is 3. The molecule has 1 saturated heterocycles. The highest BCUT2D eigenvalue weighted by molar-refractivity contribution is 5.78. The Morgan fingerprint density at radius 1 is 1.30 bits per heavy atom. The van der Waals surface area contributed by atoms with Crippen LogP contribution in [0.4, 0.5) is 0 Å². The molecule has 1 N–H and O–H groups in total. The maximum Gasteiger partial charge on any atom is 0.222 e. The van der Waals surface area contributed by atoms with Gasteiger partial charge in [-0.1, -0.05) is 51.5 Å². The van der Waals surface area contributed by atoms with Crippen LogP contribution in [-0.4, -0.2) is 27.3 Å². The fourth-order valence-electron chi connectivity index (χ4n) is 5.19. The summed E-state index contributed by atoms with van der Waals surface area (Å²) in [4.78, 5) is 12.6. The molecule has 162 valence electrons. The molecule has 0 unspecified atom stereocenters. The fourth-order valence-corrected chi connectivity index (χ4v) is 5.19. The van der Waals surface area contributed by atoms with Crippen molar-refractivity contribution in [3.8, 4) is 0 Å². The molecule has 1 aliphatic carbocycles. The Kier molecular flexibility index (Phi) is 6.01. The summed E-state index contributed by atoms with van der Waals surface area (Å²) in [6.07, 6.45) is 8.22. The number of nitrogens with zero attached hydrogens (tertiary/aromatic N) is 2. The van der Waals surface area contributed by atoms with Gasteiger partial charge in [0.05, 0.1) is 18.8 Å². The summed E-state index contributed by atoms with van der Waals surface area (Å²) in [6, 6.07) is 10.6. The van der Waals surface area contributed by atoms with Crippen molar-refractivity contribution in [1.82, 2.24) is 15.1 Å². The number of rotatable bonds is 5. The van der Waals surface area contributed by atoms with Crippen LogP contribution in [0.5, 0.6) is 0 Å². The smallest absolute Gasteiger partial charge is 0.222 e. The molecule has 5 heteroatoms. The third kappa shape index (κ3) is 4.46. The van der Waals surface area contributed by atoms with E-state index in [1.54, 1.807) is 6.20 Å². The highest BCUT2D eigenvalue weighted by atomic mass is 16.5. The number of benzene rings is 1. The summed E-state index contributed by atoms with van der Waals surface area (Å²) >= 11 is 0. The van der Waals surface area contributed by atoms with Crippen molar-refractivity contribution in [1.29, 1.82) is 0 Å². The van der Waals surface area contributed by atoms with Gasteiger partial charge >= 0.3 is 0 Å². The van der Waals surface area contributed by atoms with Gasteiger partial charge in [0.25, 0.3) is 0 Å². The van der Waals surface area contributed by atoms with E-state index in [0.717, 1.165) is 25.8 Å². The van der Waals surface area contributed by atoms with Crippen LogP contribution in [-0.2, 0) is 16.1 Å². The lowest BCUT2D eigenvalue weighted by Gasteiger charge is -2.52. The Bertz CT molecular complexity index is 846. The first kappa shape index (κ1) is 21.1. The van der Waals surface area contributed by atoms with Gasteiger partial charge in [-0.2, -0.15) is 5.10 Å². The second-order valence-corrected chi connectivity index (χ2v) is 9.90. The van der Waals surface area contributed by atoms with Gasteiger partial charge in [-0.05, 0) is 42.9 Å². The lowest BCUT2D eigenvalue weighted by Crippen LogP contribution is -2.61. The lowest BCUT2D eigenvalue weighted by molar-refractivity contribution is -0.155. The van der Waals surface area contributed by atoms with E-state index >= 15 is 0 Å². The number of carbonyl (C=O) groups excluding carboxylic acids is 1. The summed E-state index contributed by atoms with van der Waals surface area (Å²) in [5.41, 5.74) is 2.18. The predicted octanol–water partition coefficient (Wildman–Crippen LogP) is 4.73. The zero-order valence-electron chi connectivity index (χ0n) is 18.7. The van der Waals surface area contributed by atoms with Crippen LogP contribution in [0, 0.1) is 17.8 Å². The van der Waals surface area contributed by atoms with Gasteiger partial charge in [0.2, 0.25) is 5.91 Å². The van der Waals surface area contributed by atoms with Gasteiger partial charge in [0.15, 0.2) is 0 Å². The average molecular weight is 410 g/mol. The fraction of sp³-hybridized carbons (Fsp3) is 0.600. The van der Waals surface area contributed by atoms with Crippen molar-refractivity contribution in [2.75, 3.05) is 0 Å². The topological polar surface area (TPSA) is 56.2 Å². The molecular weight excluding hydrogens is 374 g/mol. The molecular formula is C25H35N3O2. The molecule has 0 spiro atoms. The van der Waals surface area contributed by atoms with E-state index in [2.05, 4.69) is 48.5 Å². The van der Waals surface area contributed by atoms with E-state index in [4.69, 9.17) is 4.74 Å². The third-order valence-corrected chi connectivity index (χ3v) is 7.01. The molecule has 2 heterocycles. The van der Waals surface area contributed by atoms with Crippen molar-refractivity contribution in [3.05, 3.63) is 53.9 Å². The van der Waals surface area contributed by atoms with Gasteiger partial charge in [-0.3, -0.25) is 9.48 Å². The third-order valence-electron chi connectivity index (χ3n) is 7.01. The molecule has 1 saturated carbocycles. The second kappa shape index (κ2) is 8.54. The molecule has 1 aromatic carbocycles. The number of nitrogens with one attached hydrogen (secondary N) is 1. The average Bonchev–Trinajstić information content (AvgIpc) is 3.21. The van der Waals surface area contributed by atoms with Crippen molar-refractivity contribution in [2.24, 2.45) is 17.8 Å². The van der Waals surface area contributed by atoms with E-state index in [1.165, 1.54) is 17.5 Å². The summed E-state index contributed by atoms with van der Waals surface area (Å²) < 4.78 is 8.59. The molecule has 0 bridgehead atoms. The Balaban J connectivity index is 1.54. The van der Waals surface area contributed by atoms with Crippen LogP contribution in [0.1, 0.15) is 70.6 Å². The molecule has 30 heavy (non-hydrogen) atoms. The number of ether oxygens (including phenoxy) is 1. The molecule has 0 radical (unpaired) electrons. The van der Waals surface area contributed by atoms with E-state index in [-0.39, 0.29) is 29.6 Å². The largest absolute Gasteiger partial charge is 0.370 e. The molecule has 1 aromatic heterocycles. The van der Waals surface area contributed by atoms with E-state index < -0.39 is 0 Å². The Morgan fingerprint density at radius 2 is 2.07 bits per heavy atom. The Morgan fingerprint density at radius 3 is 2.73 bits per heavy atom. The minimum Gasteiger partial charge on any atom is -0.370 e. The van der Waals surface area contributed by atoms with Crippen LogP contribution < -0.4 is 5.32 Å². The molecule has 1 aliphatic heterocycles. The first-order chi connectivity index (χ1) is 14.3. The number of hydrogen-bond donors (Lipinski definition) is 1. The molecule has 1 amide bonds. The molecule has 2 aromatic rings. The van der Waals surface area contributed by atoms with Crippen LogP contribution in [0.15, 0.2) is 42.7 Å². The monoisotopic (exact) mass is 409 g/mol. The molecule has 2 aliphatic rings. The van der Waals surface area contributed by atoms with Crippen LogP contribution >= 0.6 is 0 Å². The van der Waals surface area contributed by atoms with Gasteiger partial charge < -0.3 is 10.1 Å². The molecule has 4 rings (SSSR count). The number of aromatic nitrogens is 2. The van der Waals surface area contributed by atoms with E-state index in [9.17, 15) is 4.79 Å². The normalized spacial score (nSPS) is 31.4. The Labute approximate surface area is 180 Å². The van der Waals surface area contributed by atoms with Gasteiger partial charge in [-0.15, -0.1) is 0 Å². The minimum absolute atomic E-state index is 0.00719. The van der Waals surface area contributed by atoms with Crippen LogP contribution in [0.25, 0.3) is 0 Å². The maximum atomic E-state index is 12.6. The zero-order valence-corrected chi connectivity index (χ0v) is 18.7. The number of carbonyl (C=O) groups is 1. The van der Waals surface area contributed by atoms with Crippen molar-refractivity contribution >= 4 is 5.91 Å². The second-order valence-electron chi connectivity index (χ2n) is 9.90. The lowest BCUT2D eigenvalue weighted by atomic mass is 9.66. The summed E-state index contributed by atoms with van der Waals surface area (Å²) in [6.45, 7) is 9.26. The maximum absolute atomic E-state index is 12.6. The van der Waals surface area contributed by atoms with Gasteiger partial charge in [0.1, 0.15) is 0 Å². The summed E-state index contributed by atoms with van der Waals surface area (Å²) in [5.74, 6) is 1.19. The first-order valence-corrected chi connectivity index (χ1v) is 11.4. The summed E-state index contributed by atoms with van der Waals surface area (Å²) in [7, 11) is 0. The standard InChI is InChI=1S/C25H35N3O2/c1-17(2)24(29)27-25(4)15-23(30-22-14-18(3)6-11-21(22)25)20-9-7-19(8-10-20)16-28-13-5-12-26-28/h5,7-10,12-13,17-18,21-23H,6,11,14-16H2,1-4H3,(H,27,29)/t18-,21-,22-,23-,25-/m1/s1.